The Balaban J connectivity index is 2.20. The summed E-state index contributed by atoms with van der Waals surface area (Å²) in [7, 11) is 0. The number of rotatable bonds is 16. The molecule has 2 rings (SSSR count). The van der Waals surface area contributed by atoms with E-state index >= 15 is 0 Å². The maximum atomic E-state index is 13.2. The highest BCUT2D eigenvalue weighted by Crippen LogP contribution is 2.34. The van der Waals surface area contributed by atoms with Crippen LogP contribution in [0.4, 0.5) is 26.7 Å². The summed E-state index contributed by atoms with van der Waals surface area (Å²) in [6.45, 7) is 22.3. The number of esters is 2. The molecule has 0 spiro atoms. The predicted octanol–water partition coefficient (Wildman–Crippen LogP) is 8.23. The van der Waals surface area contributed by atoms with Crippen molar-refractivity contribution in [3.63, 3.8) is 0 Å². The topological polar surface area (TPSA) is 135 Å². The first-order valence-corrected chi connectivity index (χ1v) is 17.2. The van der Waals surface area contributed by atoms with E-state index in [1.54, 1.807) is 34.6 Å². The number of anilines is 3. The van der Waals surface area contributed by atoms with Gasteiger partial charge >= 0.3 is 24.1 Å². The molecule has 3 amide bonds. The summed E-state index contributed by atoms with van der Waals surface area (Å²) in [5.74, 6) is -1.01. The summed E-state index contributed by atoms with van der Waals surface area (Å²) in [5.41, 5.74) is 3.44. The van der Waals surface area contributed by atoms with Crippen LogP contribution in [0.5, 0.6) is 0 Å². The third-order valence-electron chi connectivity index (χ3n) is 7.48. The number of urea groups is 1. The summed E-state index contributed by atoms with van der Waals surface area (Å²) in [6, 6.07) is 12.1. The standard InChI is InChI=1S/C38H58N4O7/c1-12-28(20-33(43)47-23-48-35(44)34(26(6)7)41-37(46)49-38(9,10)11)29-15-18-32(42(21-24(2)3)22-25(4)5)31(19-29)40-36(45)39-30-16-13-27(8)14-17-30/h13-19,24-26,28,34H,12,20-23H2,1-11H3,(H,41,46)(H2,39,40,45)/t28-,34+/m0/s1. The lowest BCUT2D eigenvalue weighted by Crippen LogP contribution is -2.47. The van der Waals surface area contributed by atoms with Crippen LogP contribution in [0.1, 0.15) is 99.1 Å². The number of alkyl carbamates (subject to hydrolysis) is 1. The number of ether oxygens (including phenoxy) is 3. The summed E-state index contributed by atoms with van der Waals surface area (Å²) in [5, 5.41) is 8.50. The fraction of sp³-hybridized carbons (Fsp3) is 0.579. The van der Waals surface area contributed by atoms with Gasteiger partial charge in [-0.2, -0.15) is 0 Å². The second-order valence-corrected chi connectivity index (χ2v) is 14.7. The van der Waals surface area contributed by atoms with Crippen LogP contribution in [-0.4, -0.2) is 55.6 Å². The molecule has 49 heavy (non-hydrogen) atoms. The van der Waals surface area contributed by atoms with Crippen LogP contribution in [0, 0.1) is 24.7 Å². The SMILES string of the molecule is CC[C@@H](CC(=O)OCOC(=O)[C@H](NC(=O)OC(C)(C)C)C(C)C)c1ccc(N(CC(C)C)CC(C)C)c(NC(=O)Nc2ccc(C)cc2)c1. The lowest BCUT2D eigenvalue weighted by molar-refractivity contribution is -0.169. The summed E-state index contributed by atoms with van der Waals surface area (Å²) in [4.78, 5) is 53.4. The zero-order chi connectivity index (χ0) is 36.9. The van der Waals surface area contributed by atoms with Gasteiger partial charge in [0.05, 0.1) is 17.8 Å². The van der Waals surface area contributed by atoms with E-state index in [1.165, 1.54) is 0 Å². The molecular weight excluding hydrogens is 624 g/mol. The number of hydrogen-bond donors (Lipinski definition) is 3. The first-order valence-electron chi connectivity index (χ1n) is 17.2. The minimum absolute atomic E-state index is 0.0356. The fourth-order valence-corrected chi connectivity index (χ4v) is 5.19. The van der Waals surface area contributed by atoms with E-state index in [4.69, 9.17) is 14.2 Å². The number of carbonyl (C=O) groups is 4. The largest absolute Gasteiger partial charge is 0.444 e. The van der Waals surface area contributed by atoms with Gasteiger partial charge in [0.2, 0.25) is 6.79 Å². The van der Waals surface area contributed by atoms with Gasteiger partial charge in [-0.15, -0.1) is 0 Å². The van der Waals surface area contributed by atoms with E-state index in [-0.39, 0.29) is 24.3 Å². The molecule has 2 aromatic carbocycles. The number of nitrogens with zero attached hydrogens (tertiary/aromatic N) is 1. The van der Waals surface area contributed by atoms with E-state index < -0.39 is 36.5 Å². The molecule has 2 aromatic rings. The molecule has 0 aliphatic heterocycles. The van der Waals surface area contributed by atoms with Gasteiger partial charge in [-0.25, -0.2) is 14.4 Å². The third kappa shape index (κ3) is 14.8. The molecule has 0 unspecified atom stereocenters. The van der Waals surface area contributed by atoms with Crippen LogP contribution < -0.4 is 20.9 Å². The lowest BCUT2D eigenvalue weighted by atomic mass is 9.92. The smallest absolute Gasteiger partial charge is 0.408 e. The molecule has 3 N–H and O–H groups in total. The first kappa shape index (κ1) is 40.9. The molecule has 0 fully saturated rings. The average Bonchev–Trinajstić information content (AvgIpc) is 2.98. The van der Waals surface area contributed by atoms with Crippen LogP contribution in [0.25, 0.3) is 0 Å². The maximum Gasteiger partial charge on any atom is 0.408 e. The molecule has 0 aliphatic carbocycles. The highest BCUT2D eigenvalue weighted by molar-refractivity contribution is 6.02. The number of carbonyl (C=O) groups excluding carboxylic acids is 4. The average molecular weight is 683 g/mol. The van der Waals surface area contributed by atoms with Crippen LogP contribution >= 0.6 is 0 Å². The predicted molar refractivity (Wildman–Crippen MR) is 195 cm³/mol. The van der Waals surface area contributed by atoms with Gasteiger partial charge in [0.25, 0.3) is 0 Å². The summed E-state index contributed by atoms with van der Waals surface area (Å²) >= 11 is 0. The van der Waals surface area contributed by atoms with E-state index in [1.807, 2.05) is 56.3 Å². The van der Waals surface area contributed by atoms with E-state index in [2.05, 4.69) is 48.5 Å². The van der Waals surface area contributed by atoms with Crippen molar-refractivity contribution in [2.45, 2.75) is 107 Å². The van der Waals surface area contributed by atoms with Crippen molar-refractivity contribution >= 4 is 41.1 Å². The molecule has 11 nitrogen and oxygen atoms in total. The van der Waals surface area contributed by atoms with Crippen LogP contribution in [-0.2, 0) is 23.8 Å². The van der Waals surface area contributed by atoms with Gasteiger partial charge in [0.15, 0.2) is 0 Å². The molecule has 272 valence electrons. The molecule has 0 radical (unpaired) electrons. The van der Waals surface area contributed by atoms with E-state index in [0.717, 1.165) is 29.9 Å². The Hall–Kier alpha value is -4.28. The van der Waals surface area contributed by atoms with E-state index in [0.29, 0.717) is 29.6 Å². The normalized spacial score (nSPS) is 12.7. The minimum Gasteiger partial charge on any atom is -0.444 e. The summed E-state index contributed by atoms with van der Waals surface area (Å²) < 4.78 is 15.7. The molecule has 11 heteroatoms. The Labute approximate surface area is 292 Å². The van der Waals surface area contributed by atoms with Crippen molar-refractivity contribution < 1.29 is 33.4 Å². The Kier molecular flexibility index (Phi) is 15.9. The number of aryl methyl sites for hydroxylation is 1. The second-order valence-electron chi connectivity index (χ2n) is 14.7. The van der Waals surface area contributed by atoms with Gasteiger partial charge in [-0.1, -0.05) is 72.2 Å². The third-order valence-corrected chi connectivity index (χ3v) is 7.48. The van der Waals surface area contributed by atoms with Crippen molar-refractivity contribution in [3.05, 3.63) is 53.6 Å². The number of hydrogen-bond acceptors (Lipinski definition) is 8. The van der Waals surface area contributed by atoms with Gasteiger partial charge < -0.3 is 35.1 Å². The minimum atomic E-state index is -0.976. The molecular formula is C38H58N4O7. The molecule has 0 aromatic heterocycles. The van der Waals surface area contributed by atoms with Crippen LogP contribution in [0.2, 0.25) is 0 Å². The number of benzene rings is 2. The van der Waals surface area contributed by atoms with Crippen molar-refractivity contribution in [3.8, 4) is 0 Å². The Morgan fingerprint density at radius 2 is 1.45 bits per heavy atom. The van der Waals surface area contributed by atoms with Crippen molar-refractivity contribution in [2.75, 3.05) is 35.4 Å². The number of amides is 3. The van der Waals surface area contributed by atoms with Gasteiger partial charge in [-0.3, -0.25) is 4.79 Å². The zero-order valence-corrected chi connectivity index (χ0v) is 31.3. The number of nitrogens with one attached hydrogen (secondary N) is 3. The molecule has 0 bridgehead atoms. The monoisotopic (exact) mass is 682 g/mol. The van der Waals surface area contributed by atoms with E-state index in [9.17, 15) is 19.2 Å². The molecule has 0 heterocycles. The second kappa shape index (κ2) is 19.0. The molecule has 2 atom stereocenters. The molecule has 0 saturated heterocycles. The first-order chi connectivity index (χ1) is 22.9. The lowest BCUT2D eigenvalue weighted by Gasteiger charge is -2.31. The Bertz CT molecular complexity index is 1370. The van der Waals surface area contributed by atoms with Gasteiger partial charge in [-0.05, 0) is 87.6 Å². The van der Waals surface area contributed by atoms with Crippen molar-refractivity contribution in [2.24, 2.45) is 17.8 Å². The Morgan fingerprint density at radius 3 is 1.98 bits per heavy atom. The highest BCUT2D eigenvalue weighted by Gasteiger charge is 2.29. The van der Waals surface area contributed by atoms with Crippen LogP contribution in [0.15, 0.2) is 42.5 Å². The maximum absolute atomic E-state index is 13.2. The molecule has 0 aliphatic rings. The Morgan fingerprint density at radius 1 is 0.837 bits per heavy atom. The summed E-state index contributed by atoms with van der Waals surface area (Å²) in [6.07, 6.45) is -0.0800. The van der Waals surface area contributed by atoms with Crippen molar-refractivity contribution in [1.82, 2.24) is 5.32 Å². The van der Waals surface area contributed by atoms with Crippen molar-refractivity contribution in [1.29, 1.82) is 0 Å². The quantitative estimate of drug-likeness (QED) is 0.119. The fourth-order valence-electron chi connectivity index (χ4n) is 5.19. The highest BCUT2D eigenvalue weighted by atomic mass is 16.7. The van der Waals surface area contributed by atoms with Crippen LogP contribution in [0.3, 0.4) is 0 Å². The zero-order valence-electron chi connectivity index (χ0n) is 31.3. The molecule has 0 saturated carbocycles. The van der Waals surface area contributed by atoms with Gasteiger partial charge in [0, 0.05) is 18.8 Å². The van der Waals surface area contributed by atoms with Gasteiger partial charge in [0.1, 0.15) is 11.6 Å².